The number of hydrogen-bond acceptors (Lipinski definition) is 3. The fourth-order valence-corrected chi connectivity index (χ4v) is 1.59. The van der Waals surface area contributed by atoms with Crippen molar-refractivity contribution in [1.29, 1.82) is 0 Å². The molecule has 1 atom stereocenters. The van der Waals surface area contributed by atoms with E-state index in [9.17, 15) is 9.59 Å². The van der Waals surface area contributed by atoms with Gasteiger partial charge in [-0.2, -0.15) is 0 Å². The van der Waals surface area contributed by atoms with Gasteiger partial charge >= 0.3 is 5.97 Å². The molecule has 72 valence electrons. The number of hydrogen-bond donors (Lipinski definition) is 0. The highest BCUT2D eigenvalue weighted by Gasteiger charge is 2.25. The first-order valence-electron chi connectivity index (χ1n) is 4.46. The zero-order valence-corrected chi connectivity index (χ0v) is 7.82. The Balaban J connectivity index is 2.44. The van der Waals surface area contributed by atoms with Crippen LogP contribution in [-0.2, 0) is 16.0 Å². The molecular weight excluding hydrogens is 180 g/mol. The molecule has 0 spiro atoms. The van der Waals surface area contributed by atoms with Crippen LogP contribution in [0.3, 0.4) is 0 Å². The third-order valence-corrected chi connectivity index (χ3v) is 2.32. The highest BCUT2D eigenvalue weighted by atomic mass is 16.5. The quantitative estimate of drug-likeness (QED) is 0.495. The SMILES string of the molecule is Cc1ccc2c(c1)C(=O)OC(C=O)C2. The van der Waals surface area contributed by atoms with Gasteiger partial charge in [0.05, 0.1) is 5.56 Å². The van der Waals surface area contributed by atoms with Crippen molar-refractivity contribution in [3.05, 3.63) is 34.9 Å². The maximum absolute atomic E-state index is 11.4. The lowest BCUT2D eigenvalue weighted by atomic mass is 9.97. The van der Waals surface area contributed by atoms with Crippen LogP contribution in [0.2, 0.25) is 0 Å². The summed E-state index contributed by atoms with van der Waals surface area (Å²) in [7, 11) is 0. The highest BCUT2D eigenvalue weighted by Crippen LogP contribution is 2.20. The summed E-state index contributed by atoms with van der Waals surface area (Å²) in [5.41, 5.74) is 2.50. The topological polar surface area (TPSA) is 43.4 Å². The fraction of sp³-hybridized carbons (Fsp3) is 0.273. The average Bonchev–Trinajstić information content (AvgIpc) is 2.19. The van der Waals surface area contributed by atoms with Gasteiger partial charge in [-0.3, -0.25) is 4.79 Å². The molecule has 2 rings (SSSR count). The van der Waals surface area contributed by atoms with E-state index in [1.54, 1.807) is 6.07 Å². The zero-order valence-electron chi connectivity index (χ0n) is 7.82. The van der Waals surface area contributed by atoms with Crippen molar-refractivity contribution in [2.75, 3.05) is 0 Å². The lowest BCUT2D eigenvalue weighted by Gasteiger charge is -2.20. The van der Waals surface area contributed by atoms with Gasteiger partial charge in [0.25, 0.3) is 0 Å². The van der Waals surface area contributed by atoms with E-state index in [4.69, 9.17) is 4.74 Å². The lowest BCUT2D eigenvalue weighted by Crippen LogP contribution is -2.28. The predicted molar refractivity (Wildman–Crippen MR) is 50.2 cm³/mol. The van der Waals surface area contributed by atoms with Crippen LogP contribution in [0.15, 0.2) is 18.2 Å². The van der Waals surface area contributed by atoms with Gasteiger partial charge in [0, 0.05) is 6.42 Å². The van der Waals surface area contributed by atoms with E-state index in [0.29, 0.717) is 18.3 Å². The largest absolute Gasteiger partial charge is 0.451 e. The van der Waals surface area contributed by atoms with Crippen molar-refractivity contribution in [3.63, 3.8) is 0 Å². The Morgan fingerprint density at radius 3 is 3.00 bits per heavy atom. The van der Waals surface area contributed by atoms with Crippen molar-refractivity contribution in [2.45, 2.75) is 19.4 Å². The molecule has 0 saturated heterocycles. The summed E-state index contributed by atoms with van der Waals surface area (Å²) in [5, 5.41) is 0. The molecular formula is C11H10O3. The van der Waals surface area contributed by atoms with Crippen molar-refractivity contribution in [1.82, 2.24) is 0 Å². The normalized spacial score (nSPS) is 19.8. The molecule has 0 aromatic heterocycles. The van der Waals surface area contributed by atoms with Crippen LogP contribution in [-0.4, -0.2) is 18.4 Å². The monoisotopic (exact) mass is 190 g/mol. The molecule has 1 aliphatic heterocycles. The van der Waals surface area contributed by atoms with Crippen LogP contribution in [0.25, 0.3) is 0 Å². The van der Waals surface area contributed by atoms with Crippen molar-refractivity contribution in [2.24, 2.45) is 0 Å². The Kier molecular flexibility index (Phi) is 2.08. The summed E-state index contributed by atoms with van der Waals surface area (Å²) in [6.07, 6.45) is 0.545. The van der Waals surface area contributed by atoms with Crippen LogP contribution in [0.1, 0.15) is 21.5 Å². The number of aryl methyl sites for hydroxylation is 1. The summed E-state index contributed by atoms with van der Waals surface area (Å²) in [6.45, 7) is 1.92. The van der Waals surface area contributed by atoms with Gasteiger partial charge in [-0.25, -0.2) is 4.79 Å². The molecule has 3 nitrogen and oxygen atoms in total. The summed E-state index contributed by atoms with van der Waals surface area (Å²) in [5.74, 6) is -0.396. The number of cyclic esters (lactones) is 1. The van der Waals surface area contributed by atoms with E-state index >= 15 is 0 Å². The molecule has 1 aliphatic rings. The minimum Gasteiger partial charge on any atom is -0.451 e. The second-order valence-corrected chi connectivity index (χ2v) is 3.44. The van der Waals surface area contributed by atoms with Gasteiger partial charge in [0.2, 0.25) is 0 Å². The molecule has 0 amide bonds. The average molecular weight is 190 g/mol. The summed E-state index contributed by atoms with van der Waals surface area (Å²) >= 11 is 0. The standard InChI is InChI=1S/C11H10O3/c1-7-2-3-8-5-9(6-12)14-11(13)10(8)4-7/h2-4,6,9H,5H2,1H3. The van der Waals surface area contributed by atoms with Gasteiger partial charge in [-0.1, -0.05) is 17.7 Å². The van der Waals surface area contributed by atoms with Gasteiger partial charge in [0.1, 0.15) is 0 Å². The molecule has 1 aromatic rings. The molecule has 0 N–H and O–H groups in total. The highest BCUT2D eigenvalue weighted by molar-refractivity contribution is 5.93. The number of fused-ring (bicyclic) bond motifs is 1. The second-order valence-electron chi connectivity index (χ2n) is 3.44. The Morgan fingerprint density at radius 1 is 1.50 bits per heavy atom. The Hall–Kier alpha value is -1.64. The van der Waals surface area contributed by atoms with Crippen molar-refractivity contribution >= 4 is 12.3 Å². The predicted octanol–water partition coefficient (Wildman–Crippen LogP) is 1.28. The third-order valence-electron chi connectivity index (χ3n) is 2.32. The molecule has 0 radical (unpaired) electrons. The van der Waals surface area contributed by atoms with Crippen LogP contribution >= 0.6 is 0 Å². The van der Waals surface area contributed by atoms with Crippen molar-refractivity contribution < 1.29 is 14.3 Å². The van der Waals surface area contributed by atoms with Gasteiger partial charge in [-0.15, -0.1) is 0 Å². The minimum absolute atomic E-state index is 0.396. The van der Waals surface area contributed by atoms with E-state index in [-0.39, 0.29) is 0 Å². The number of esters is 1. The number of carbonyl (C=O) groups excluding carboxylic acids is 2. The smallest absolute Gasteiger partial charge is 0.339 e. The molecule has 1 heterocycles. The van der Waals surface area contributed by atoms with Crippen LogP contribution in [0.4, 0.5) is 0 Å². The number of aldehydes is 1. The fourth-order valence-electron chi connectivity index (χ4n) is 1.59. The molecule has 1 unspecified atom stereocenters. The first-order valence-corrected chi connectivity index (χ1v) is 4.46. The van der Waals surface area contributed by atoms with E-state index < -0.39 is 12.1 Å². The molecule has 3 heteroatoms. The van der Waals surface area contributed by atoms with E-state index in [1.165, 1.54) is 0 Å². The Morgan fingerprint density at radius 2 is 2.29 bits per heavy atom. The first kappa shape index (κ1) is 8.94. The van der Waals surface area contributed by atoms with Crippen LogP contribution in [0.5, 0.6) is 0 Å². The molecule has 0 aliphatic carbocycles. The molecule has 0 fully saturated rings. The number of carbonyl (C=O) groups is 2. The summed E-state index contributed by atoms with van der Waals surface area (Å²) < 4.78 is 4.91. The molecule has 14 heavy (non-hydrogen) atoms. The molecule has 0 bridgehead atoms. The third kappa shape index (κ3) is 1.41. The van der Waals surface area contributed by atoms with Crippen LogP contribution in [0, 0.1) is 6.92 Å². The Bertz CT molecular complexity index is 396. The molecule has 0 saturated carbocycles. The summed E-state index contributed by atoms with van der Waals surface area (Å²) in [4.78, 5) is 21.9. The number of rotatable bonds is 1. The summed E-state index contributed by atoms with van der Waals surface area (Å²) in [6, 6.07) is 5.60. The zero-order chi connectivity index (χ0) is 10.1. The van der Waals surface area contributed by atoms with Gasteiger partial charge < -0.3 is 4.74 Å². The minimum atomic E-state index is -0.613. The van der Waals surface area contributed by atoms with Gasteiger partial charge in [0.15, 0.2) is 12.4 Å². The first-order chi connectivity index (χ1) is 6.70. The number of ether oxygens (including phenoxy) is 1. The number of benzene rings is 1. The van der Waals surface area contributed by atoms with Crippen LogP contribution < -0.4 is 0 Å². The van der Waals surface area contributed by atoms with E-state index in [2.05, 4.69) is 0 Å². The Labute approximate surface area is 81.7 Å². The second kappa shape index (κ2) is 3.25. The van der Waals surface area contributed by atoms with Crippen molar-refractivity contribution in [3.8, 4) is 0 Å². The van der Waals surface area contributed by atoms with E-state index in [1.807, 2.05) is 19.1 Å². The lowest BCUT2D eigenvalue weighted by molar-refractivity contribution is -0.115. The maximum Gasteiger partial charge on any atom is 0.339 e. The van der Waals surface area contributed by atoms with E-state index in [0.717, 1.165) is 11.1 Å². The molecule has 1 aromatic carbocycles. The maximum atomic E-state index is 11.4. The van der Waals surface area contributed by atoms with Gasteiger partial charge in [-0.05, 0) is 18.6 Å².